The first kappa shape index (κ1) is 12.9. The second-order valence-electron chi connectivity index (χ2n) is 3.11. The summed E-state index contributed by atoms with van der Waals surface area (Å²) in [5.74, 6) is -0.104. The molecule has 0 atom stereocenters. The average molecular weight is 249 g/mol. The van der Waals surface area contributed by atoms with Crippen LogP contribution in [-0.2, 0) is 5.88 Å². The van der Waals surface area contributed by atoms with E-state index in [1.54, 1.807) is 13.0 Å². The Morgan fingerprint density at radius 3 is 2.69 bits per heavy atom. The van der Waals surface area contributed by atoms with E-state index in [1.807, 2.05) is 0 Å². The molecule has 1 rings (SSSR count). The summed E-state index contributed by atoms with van der Waals surface area (Å²) >= 11 is 5.57. The first-order chi connectivity index (χ1) is 7.58. The van der Waals surface area contributed by atoms with E-state index in [0.29, 0.717) is 17.5 Å². The van der Waals surface area contributed by atoms with Crippen molar-refractivity contribution >= 4 is 17.4 Å². The molecule has 0 amide bonds. The lowest BCUT2D eigenvalue weighted by Gasteiger charge is -2.10. The van der Waals surface area contributed by atoms with E-state index in [2.05, 4.69) is 4.74 Å². The fraction of sp³-hybridized carbons (Fsp3) is 0.364. The molecule has 5 heteroatoms. The van der Waals surface area contributed by atoms with Gasteiger partial charge in [-0.15, -0.1) is 11.6 Å². The maximum atomic E-state index is 12.1. The average Bonchev–Trinajstić information content (AvgIpc) is 2.27. The summed E-state index contributed by atoms with van der Waals surface area (Å²) < 4.78 is 28.5. The quantitative estimate of drug-likeness (QED) is 0.588. The van der Waals surface area contributed by atoms with Crippen LogP contribution in [0.4, 0.5) is 8.78 Å². The van der Waals surface area contributed by atoms with Crippen LogP contribution in [0, 0.1) is 0 Å². The van der Waals surface area contributed by atoms with Crippen LogP contribution in [0.3, 0.4) is 0 Å². The van der Waals surface area contributed by atoms with Crippen LogP contribution in [-0.4, -0.2) is 12.4 Å². The molecule has 0 heterocycles. The maximum absolute atomic E-state index is 12.1. The number of carbonyl (C=O) groups is 1. The van der Waals surface area contributed by atoms with E-state index in [9.17, 15) is 13.6 Å². The van der Waals surface area contributed by atoms with Crippen molar-refractivity contribution in [2.24, 2.45) is 0 Å². The van der Waals surface area contributed by atoms with Crippen LogP contribution in [0.25, 0.3) is 0 Å². The normalized spacial score (nSPS) is 10.6. The lowest BCUT2D eigenvalue weighted by atomic mass is 10.1. The number of halogens is 3. The summed E-state index contributed by atoms with van der Waals surface area (Å²) in [5, 5.41) is 0. The first-order valence-electron chi connectivity index (χ1n) is 4.75. The molecule has 16 heavy (non-hydrogen) atoms. The molecule has 2 nitrogen and oxygen atoms in total. The standard InChI is InChI=1S/C11H11ClF2O2/c1-2-9(15)7-3-4-8(6-12)10(5-7)16-11(13)14/h3-5,11H,2,6H2,1H3. The minimum absolute atomic E-state index is 0.0377. The highest BCUT2D eigenvalue weighted by Gasteiger charge is 2.12. The molecule has 0 aliphatic carbocycles. The van der Waals surface area contributed by atoms with E-state index in [4.69, 9.17) is 11.6 Å². The molecule has 0 N–H and O–H groups in total. The number of benzene rings is 1. The molecule has 0 fully saturated rings. The molecule has 0 saturated carbocycles. The molecule has 0 bridgehead atoms. The van der Waals surface area contributed by atoms with Gasteiger partial charge in [-0.25, -0.2) is 0 Å². The van der Waals surface area contributed by atoms with Gasteiger partial charge in [0.25, 0.3) is 0 Å². The summed E-state index contributed by atoms with van der Waals surface area (Å²) in [6.45, 7) is -1.22. The predicted molar refractivity (Wildman–Crippen MR) is 57.3 cm³/mol. The highest BCUT2D eigenvalue weighted by Crippen LogP contribution is 2.24. The Balaban J connectivity index is 3.05. The third-order valence-electron chi connectivity index (χ3n) is 2.07. The number of rotatable bonds is 5. The van der Waals surface area contributed by atoms with Crippen molar-refractivity contribution in [3.8, 4) is 5.75 Å². The van der Waals surface area contributed by atoms with Crippen LogP contribution in [0.1, 0.15) is 29.3 Å². The zero-order valence-electron chi connectivity index (χ0n) is 8.67. The van der Waals surface area contributed by atoms with Crippen molar-refractivity contribution in [2.45, 2.75) is 25.8 Å². The van der Waals surface area contributed by atoms with E-state index >= 15 is 0 Å². The van der Waals surface area contributed by atoms with Crippen molar-refractivity contribution in [1.82, 2.24) is 0 Å². The van der Waals surface area contributed by atoms with E-state index < -0.39 is 6.61 Å². The van der Waals surface area contributed by atoms with Gasteiger partial charge in [-0.2, -0.15) is 8.78 Å². The zero-order chi connectivity index (χ0) is 12.1. The Hall–Kier alpha value is -1.16. The Kier molecular flexibility index (Phi) is 4.68. The number of carbonyl (C=O) groups excluding carboxylic acids is 1. The number of Topliss-reactive ketones (excluding diaryl/α,β-unsaturated/α-hetero) is 1. The zero-order valence-corrected chi connectivity index (χ0v) is 9.43. The second-order valence-corrected chi connectivity index (χ2v) is 3.38. The molecule has 0 spiro atoms. The molecular weight excluding hydrogens is 238 g/mol. The van der Waals surface area contributed by atoms with Crippen LogP contribution < -0.4 is 4.74 Å². The maximum Gasteiger partial charge on any atom is 0.387 e. The molecule has 0 unspecified atom stereocenters. The Labute approximate surface area is 97.2 Å². The first-order valence-corrected chi connectivity index (χ1v) is 5.28. The van der Waals surface area contributed by atoms with E-state index in [1.165, 1.54) is 12.1 Å². The summed E-state index contributed by atoms with van der Waals surface area (Å²) in [7, 11) is 0. The minimum Gasteiger partial charge on any atom is -0.434 e. The Morgan fingerprint density at radius 1 is 1.50 bits per heavy atom. The van der Waals surface area contributed by atoms with Crippen molar-refractivity contribution < 1.29 is 18.3 Å². The molecule has 1 aromatic carbocycles. The molecule has 0 saturated heterocycles. The highest BCUT2D eigenvalue weighted by molar-refractivity contribution is 6.17. The SMILES string of the molecule is CCC(=O)c1ccc(CCl)c(OC(F)F)c1. The van der Waals surface area contributed by atoms with Gasteiger partial charge >= 0.3 is 6.61 Å². The van der Waals surface area contributed by atoms with Crippen molar-refractivity contribution in [3.63, 3.8) is 0 Å². The van der Waals surface area contributed by atoms with Gasteiger partial charge in [0.05, 0.1) is 5.88 Å². The van der Waals surface area contributed by atoms with Gasteiger partial charge in [-0.1, -0.05) is 19.1 Å². The molecule has 88 valence electrons. The van der Waals surface area contributed by atoms with Gasteiger partial charge in [0, 0.05) is 17.5 Å². The molecule has 0 aromatic heterocycles. The van der Waals surface area contributed by atoms with Crippen molar-refractivity contribution in [3.05, 3.63) is 29.3 Å². The fourth-order valence-electron chi connectivity index (χ4n) is 1.25. The number of hydrogen-bond donors (Lipinski definition) is 0. The third-order valence-corrected chi connectivity index (χ3v) is 2.36. The van der Waals surface area contributed by atoms with Crippen LogP contribution >= 0.6 is 11.6 Å². The van der Waals surface area contributed by atoms with Gasteiger partial charge in [0.2, 0.25) is 0 Å². The largest absolute Gasteiger partial charge is 0.434 e. The number of hydrogen-bond acceptors (Lipinski definition) is 2. The summed E-state index contributed by atoms with van der Waals surface area (Å²) in [6.07, 6.45) is 0.314. The lowest BCUT2D eigenvalue weighted by Crippen LogP contribution is -2.06. The Morgan fingerprint density at radius 2 is 2.19 bits per heavy atom. The topological polar surface area (TPSA) is 26.3 Å². The molecule has 1 aromatic rings. The molecule has 0 aliphatic rings. The summed E-state index contributed by atoms with van der Waals surface area (Å²) in [6, 6.07) is 4.38. The second kappa shape index (κ2) is 5.80. The van der Waals surface area contributed by atoms with Crippen LogP contribution in [0.15, 0.2) is 18.2 Å². The van der Waals surface area contributed by atoms with E-state index in [0.717, 1.165) is 0 Å². The number of ether oxygens (including phenoxy) is 1. The smallest absolute Gasteiger partial charge is 0.387 e. The number of ketones is 1. The van der Waals surface area contributed by atoms with E-state index in [-0.39, 0.29) is 17.4 Å². The van der Waals surface area contributed by atoms with Crippen molar-refractivity contribution in [2.75, 3.05) is 0 Å². The van der Waals surface area contributed by atoms with Crippen LogP contribution in [0.5, 0.6) is 5.75 Å². The van der Waals surface area contributed by atoms with Gasteiger partial charge in [-0.05, 0) is 6.07 Å². The third kappa shape index (κ3) is 3.17. The van der Waals surface area contributed by atoms with Gasteiger partial charge < -0.3 is 4.74 Å². The molecular formula is C11H11ClF2O2. The highest BCUT2D eigenvalue weighted by atomic mass is 35.5. The molecule has 0 aliphatic heterocycles. The summed E-state index contributed by atoms with van der Waals surface area (Å²) in [5.41, 5.74) is 0.793. The number of alkyl halides is 3. The van der Waals surface area contributed by atoms with Gasteiger partial charge in [0.15, 0.2) is 5.78 Å². The molecule has 0 radical (unpaired) electrons. The van der Waals surface area contributed by atoms with Crippen molar-refractivity contribution in [1.29, 1.82) is 0 Å². The Bertz CT molecular complexity index is 380. The lowest BCUT2D eigenvalue weighted by molar-refractivity contribution is -0.0503. The minimum atomic E-state index is -2.92. The monoisotopic (exact) mass is 248 g/mol. The van der Waals surface area contributed by atoms with Crippen LogP contribution in [0.2, 0.25) is 0 Å². The summed E-state index contributed by atoms with van der Waals surface area (Å²) in [4.78, 5) is 11.4. The fourth-order valence-corrected chi connectivity index (χ4v) is 1.47. The van der Waals surface area contributed by atoms with Gasteiger partial charge in [0.1, 0.15) is 5.75 Å². The van der Waals surface area contributed by atoms with Gasteiger partial charge in [-0.3, -0.25) is 4.79 Å². The predicted octanol–water partition coefficient (Wildman–Crippen LogP) is 3.62.